The Morgan fingerprint density at radius 3 is 2.35 bits per heavy atom. The van der Waals surface area contributed by atoms with Gasteiger partial charge in [0.1, 0.15) is 5.75 Å². The standard InChI is InChI=1S/C26H38N2O3/c1-15(2)31-23-13-20(16(3)11-21(23)27)18-12-22(17-7-8-17)28(24(29)30)26(14-18,19-9-10-19)25(4,5)6/h11-13,15,17,19,22H,7-10,14,27H2,1-6H3,(H,29,30). The number of carboxylic acid groups (broad SMARTS) is 1. The van der Waals surface area contributed by atoms with Gasteiger partial charge in [-0.15, -0.1) is 0 Å². The molecular weight excluding hydrogens is 388 g/mol. The first-order chi connectivity index (χ1) is 14.5. The van der Waals surface area contributed by atoms with Crippen molar-refractivity contribution >= 4 is 17.4 Å². The largest absolute Gasteiger partial charge is 0.489 e. The van der Waals surface area contributed by atoms with E-state index < -0.39 is 11.6 Å². The van der Waals surface area contributed by atoms with Crippen LogP contribution >= 0.6 is 0 Å². The van der Waals surface area contributed by atoms with E-state index in [0.717, 1.165) is 43.2 Å². The van der Waals surface area contributed by atoms with Gasteiger partial charge in [0, 0.05) is 0 Å². The number of hydrogen-bond donors (Lipinski definition) is 2. The lowest BCUT2D eigenvalue weighted by Gasteiger charge is -2.57. The van der Waals surface area contributed by atoms with Crippen LogP contribution in [0.3, 0.4) is 0 Å². The summed E-state index contributed by atoms with van der Waals surface area (Å²) in [5.41, 5.74) is 9.87. The maximum absolute atomic E-state index is 12.7. The molecule has 0 bridgehead atoms. The molecule has 31 heavy (non-hydrogen) atoms. The van der Waals surface area contributed by atoms with Crippen LogP contribution < -0.4 is 10.5 Å². The van der Waals surface area contributed by atoms with Crippen molar-refractivity contribution in [2.24, 2.45) is 17.3 Å². The molecule has 2 saturated carbocycles. The monoisotopic (exact) mass is 426 g/mol. The van der Waals surface area contributed by atoms with E-state index in [1.54, 1.807) is 0 Å². The van der Waals surface area contributed by atoms with E-state index in [1.807, 2.05) is 24.8 Å². The summed E-state index contributed by atoms with van der Waals surface area (Å²) in [4.78, 5) is 14.5. The zero-order chi connectivity index (χ0) is 22.7. The highest BCUT2D eigenvalue weighted by molar-refractivity contribution is 5.78. The number of benzene rings is 1. The summed E-state index contributed by atoms with van der Waals surface area (Å²) in [7, 11) is 0. The van der Waals surface area contributed by atoms with E-state index in [9.17, 15) is 9.90 Å². The van der Waals surface area contributed by atoms with Gasteiger partial charge in [-0.1, -0.05) is 26.8 Å². The molecule has 5 nitrogen and oxygen atoms in total. The first-order valence-electron chi connectivity index (χ1n) is 11.8. The molecule has 1 amide bonds. The van der Waals surface area contributed by atoms with E-state index >= 15 is 0 Å². The van der Waals surface area contributed by atoms with Crippen molar-refractivity contribution in [1.82, 2.24) is 4.90 Å². The summed E-state index contributed by atoms with van der Waals surface area (Å²) < 4.78 is 6.00. The Kier molecular flexibility index (Phi) is 5.30. The van der Waals surface area contributed by atoms with Crippen LogP contribution in [0, 0.1) is 24.2 Å². The number of nitrogen functional groups attached to an aromatic ring is 1. The fourth-order valence-electron chi connectivity index (χ4n) is 5.80. The van der Waals surface area contributed by atoms with Crippen molar-refractivity contribution in [3.8, 4) is 5.75 Å². The number of nitrogens with zero attached hydrogens (tertiary/aromatic N) is 1. The zero-order valence-electron chi connectivity index (χ0n) is 19.9. The predicted molar refractivity (Wildman–Crippen MR) is 125 cm³/mol. The molecule has 1 heterocycles. The summed E-state index contributed by atoms with van der Waals surface area (Å²) in [6.07, 6.45) is 6.67. The topological polar surface area (TPSA) is 75.8 Å². The molecule has 1 aromatic rings. The van der Waals surface area contributed by atoms with Crippen LogP contribution in [0.15, 0.2) is 18.2 Å². The Bertz CT molecular complexity index is 906. The van der Waals surface area contributed by atoms with Crippen molar-refractivity contribution in [3.63, 3.8) is 0 Å². The fraction of sp³-hybridized carbons (Fsp3) is 0.654. The highest BCUT2D eigenvalue weighted by atomic mass is 16.5. The number of aryl methyl sites for hydroxylation is 1. The third-order valence-electron chi connectivity index (χ3n) is 7.49. The molecule has 0 aromatic heterocycles. The van der Waals surface area contributed by atoms with Gasteiger partial charge in [-0.05, 0) is 99.0 Å². The summed E-state index contributed by atoms with van der Waals surface area (Å²) in [5, 5.41) is 10.4. The summed E-state index contributed by atoms with van der Waals surface area (Å²) in [6.45, 7) is 12.8. The summed E-state index contributed by atoms with van der Waals surface area (Å²) in [6, 6.07) is 4.02. The van der Waals surface area contributed by atoms with Crippen molar-refractivity contribution < 1.29 is 14.6 Å². The molecule has 3 aliphatic rings. The molecule has 2 fully saturated rings. The normalized spacial score (nSPS) is 26.7. The highest BCUT2D eigenvalue weighted by Crippen LogP contribution is 2.60. The number of carbonyl (C=O) groups is 1. The SMILES string of the molecule is Cc1cc(N)c(OC(C)C)cc1C1=CC(C2CC2)N(C(=O)O)C(C2CC2)(C(C)(C)C)C1. The van der Waals surface area contributed by atoms with E-state index in [-0.39, 0.29) is 17.6 Å². The van der Waals surface area contributed by atoms with Crippen LogP contribution in [0.1, 0.15) is 77.8 Å². The Labute approximate surface area is 186 Å². The van der Waals surface area contributed by atoms with Crippen LogP contribution in [0.2, 0.25) is 0 Å². The van der Waals surface area contributed by atoms with Crippen molar-refractivity contribution in [1.29, 1.82) is 0 Å². The molecule has 2 unspecified atom stereocenters. The van der Waals surface area contributed by atoms with Gasteiger partial charge < -0.3 is 15.6 Å². The van der Waals surface area contributed by atoms with Crippen LogP contribution in [0.5, 0.6) is 5.75 Å². The molecule has 0 spiro atoms. The molecule has 1 aliphatic heterocycles. The van der Waals surface area contributed by atoms with Crippen LogP contribution in [0.25, 0.3) is 5.57 Å². The van der Waals surface area contributed by atoms with Gasteiger partial charge >= 0.3 is 6.09 Å². The van der Waals surface area contributed by atoms with Gasteiger partial charge in [0.15, 0.2) is 0 Å². The predicted octanol–water partition coefficient (Wildman–Crippen LogP) is 6.11. The average Bonchev–Trinajstić information content (AvgIpc) is 3.54. The minimum absolute atomic E-state index is 0.0417. The van der Waals surface area contributed by atoms with Gasteiger partial charge in [-0.3, -0.25) is 4.90 Å². The minimum Gasteiger partial charge on any atom is -0.489 e. The molecule has 2 aliphatic carbocycles. The van der Waals surface area contributed by atoms with Gasteiger partial charge in [0.25, 0.3) is 0 Å². The molecule has 3 N–H and O–H groups in total. The number of ether oxygens (including phenoxy) is 1. The van der Waals surface area contributed by atoms with Gasteiger partial charge in [0.2, 0.25) is 0 Å². The smallest absolute Gasteiger partial charge is 0.408 e. The quantitative estimate of drug-likeness (QED) is 0.557. The van der Waals surface area contributed by atoms with E-state index in [0.29, 0.717) is 23.3 Å². The first kappa shape index (κ1) is 22.0. The fourth-order valence-corrected chi connectivity index (χ4v) is 5.80. The number of amides is 1. The lowest BCUT2D eigenvalue weighted by molar-refractivity contribution is -0.0356. The molecule has 170 valence electrons. The van der Waals surface area contributed by atoms with Gasteiger partial charge in [-0.25, -0.2) is 4.79 Å². The lowest BCUT2D eigenvalue weighted by Crippen LogP contribution is -2.65. The number of hydrogen-bond acceptors (Lipinski definition) is 3. The zero-order valence-corrected chi connectivity index (χ0v) is 19.9. The van der Waals surface area contributed by atoms with E-state index in [4.69, 9.17) is 10.5 Å². The molecule has 4 rings (SSSR count). The summed E-state index contributed by atoms with van der Waals surface area (Å²) >= 11 is 0. The highest BCUT2D eigenvalue weighted by Gasteiger charge is 2.62. The van der Waals surface area contributed by atoms with Crippen LogP contribution in [-0.2, 0) is 0 Å². The molecule has 0 saturated heterocycles. The Morgan fingerprint density at radius 2 is 1.87 bits per heavy atom. The van der Waals surface area contributed by atoms with Crippen molar-refractivity contribution in [3.05, 3.63) is 29.3 Å². The third-order valence-corrected chi connectivity index (χ3v) is 7.49. The van der Waals surface area contributed by atoms with Gasteiger partial charge in [0.05, 0.1) is 23.4 Å². The van der Waals surface area contributed by atoms with Gasteiger partial charge in [-0.2, -0.15) is 0 Å². The van der Waals surface area contributed by atoms with Crippen molar-refractivity contribution in [2.45, 2.75) is 91.3 Å². The molecule has 5 heteroatoms. The Morgan fingerprint density at radius 1 is 1.23 bits per heavy atom. The number of rotatable bonds is 5. The first-order valence-corrected chi connectivity index (χ1v) is 11.8. The summed E-state index contributed by atoms with van der Waals surface area (Å²) in [5.74, 6) is 1.55. The number of anilines is 1. The van der Waals surface area contributed by atoms with Crippen molar-refractivity contribution in [2.75, 3.05) is 5.73 Å². The Balaban J connectivity index is 1.88. The van der Waals surface area contributed by atoms with E-state index in [2.05, 4.69) is 39.8 Å². The molecule has 1 aromatic carbocycles. The number of nitrogens with two attached hydrogens (primary N) is 1. The molecule has 2 atom stereocenters. The minimum atomic E-state index is -0.771. The van der Waals surface area contributed by atoms with Crippen LogP contribution in [0.4, 0.5) is 10.5 Å². The second-order valence-corrected chi connectivity index (χ2v) is 11.2. The average molecular weight is 427 g/mol. The third kappa shape index (κ3) is 3.81. The maximum Gasteiger partial charge on any atom is 0.408 e. The Hall–Kier alpha value is -2.17. The molecular formula is C26H38N2O3. The second kappa shape index (κ2) is 7.46. The molecule has 0 radical (unpaired) electrons. The maximum atomic E-state index is 12.7. The van der Waals surface area contributed by atoms with E-state index in [1.165, 1.54) is 5.57 Å². The lowest BCUT2D eigenvalue weighted by atomic mass is 9.62. The van der Waals surface area contributed by atoms with Crippen LogP contribution in [-0.4, -0.2) is 33.8 Å². The second-order valence-electron chi connectivity index (χ2n) is 11.2.